The van der Waals surface area contributed by atoms with E-state index in [0.29, 0.717) is 18.5 Å². The van der Waals surface area contributed by atoms with Crippen molar-refractivity contribution in [1.82, 2.24) is 30.5 Å². The molecule has 0 bridgehead atoms. The van der Waals surface area contributed by atoms with Crippen LogP contribution in [0.2, 0.25) is 0 Å². The highest BCUT2D eigenvalue weighted by Crippen LogP contribution is 2.50. The number of fused-ring (bicyclic) bond motifs is 1. The first-order chi connectivity index (χ1) is 19.2. The van der Waals surface area contributed by atoms with E-state index >= 15 is 0 Å². The molecule has 0 radical (unpaired) electrons. The lowest BCUT2D eigenvalue weighted by atomic mass is 9.95. The molecule has 0 unspecified atom stereocenters. The van der Waals surface area contributed by atoms with Gasteiger partial charge in [-0.1, -0.05) is 65.9 Å². The average Bonchev–Trinajstić information content (AvgIpc) is 3.48. The summed E-state index contributed by atoms with van der Waals surface area (Å²) in [6, 6.07) is 15.7. The van der Waals surface area contributed by atoms with Gasteiger partial charge in [0.1, 0.15) is 23.5 Å². The Bertz CT molecular complexity index is 1410. The molecule has 3 heterocycles. The molecule has 3 aromatic rings. The number of thioether (sulfide) groups is 1. The van der Waals surface area contributed by atoms with Gasteiger partial charge in [-0.2, -0.15) is 0 Å². The van der Waals surface area contributed by atoms with Crippen LogP contribution >= 0.6 is 11.8 Å². The van der Waals surface area contributed by atoms with Gasteiger partial charge < -0.3 is 20.6 Å². The summed E-state index contributed by atoms with van der Waals surface area (Å²) in [5.41, 5.74) is 2.41. The van der Waals surface area contributed by atoms with E-state index in [1.165, 1.54) is 16.7 Å². The first-order valence-electron chi connectivity index (χ1n) is 12.9. The summed E-state index contributed by atoms with van der Waals surface area (Å²) in [6.07, 6.45) is 2.09. The minimum absolute atomic E-state index is 0.0991. The number of nitrogens with one attached hydrogen (secondary N) is 2. The Morgan fingerprint density at radius 1 is 1.07 bits per heavy atom. The molecular formula is C28H30N6O5S. The highest BCUT2D eigenvalue weighted by atomic mass is 32.2. The SMILES string of the molecule is CC1(C)S[C@@H]2[C@H](NC(=O)[C@H](NC(=O)CCc3cnnn3Cc3ccccc3)c3ccccc3)C(=O)N2[C@H]1C(=O)O. The number of carboxylic acids is 1. The van der Waals surface area contributed by atoms with Crippen LogP contribution in [0.4, 0.5) is 0 Å². The van der Waals surface area contributed by atoms with E-state index in [1.807, 2.05) is 30.3 Å². The second kappa shape index (κ2) is 11.1. The van der Waals surface area contributed by atoms with Gasteiger partial charge >= 0.3 is 5.97 Å². The topological polar surface area (TPSA) is 147 Å². The number of carboxylic acid groups (broad SMARTS) is 1. The smallest absolute Gasteiger partial charge is 0.327 e. The number of carbonyl (C=O) groups is 4. The summed E-state index contributed by atoms with van der Waals surface area (Å²) >= 11 is 1.35. The third-order valence-electron chi connectivity index (χ3n) is 7.15. The van der Waals surface area contributed by atoms with Crippen molar-refractivity contribution >= 4 is 35.5 Å². The van der Waals surface area contributed by atoms with Crippen LogP contribution in [-0.2, 0) is 32.1 Å². The molecule has 3 amide bonds. The normalized spacial score (nSPS) is 21.7. The maximum absolute atomic E-state index is 13.4. The van der Waals surface area contributed by atoms with Crippen LogP contribution in [-0.4, -0.2) is 70.9 Å². The van der Waals surface area contributed by atoms with E-state index in [1.54, 1.807) is 55.1 Å². The first kappa shape index (κ1) is 27.4. The van der Waals surface area contributed by atoms with Crippen LogP contribution in [0, 0.1) is 0 Å². The van der Waals surface area contributed by atoms with Crippen molar-refractivity contribution in [3.05, 3.63) is 83.7 Å². The molecule has 4 atom stereocenters. The van der Waals surface area contributed by atoms with E-state index in [0.717, 1.165) is 11.3 Å². The van der Waals surface area contributed by atoms with Gasteiger partial charge in [-0.15, -0.1) is 16.9 Å². The zero-order valence-corrected chi connectivity index (χ0v) is 22.9. The van der Waals surface area contributed by atoms with Gasteiger partial charge in [0.15, 0.2) is 0 Å². The van der Waals surface area contributed by atoms with E-state index < -0.39 is 46.0 Å². The van der Waals surface area contributed by atoms with E-state index in [4.69, 9.17) is 0 Å². The number of aromatic nitrogens is 3. The number of aliphatic carboxylic acids is 1. The van der Waals surface area contributed by atoms with Gasteiger partial charge in [0.2, 0.25) is 17.7 Å². The first-order valence-corrected chi connectivity index (χ1v) is 13.8. The summed E-state index contributed by atoms with van der Waals surface area (Å²) in [7, 11) is 0. The van der Waals surface area contributed by atoms with Gasteiger partial charge in [-0.3, -0.25) is 14.4 Å². The molecule has 1 aromatic heterocycles. The minimum Gasteiger partial charge on any atom is -0.480 e. The lowest BCUT2D eigenvalue weighted by molar-refractivity contribution is -0.161. The Hall–Kier alpha value is -4.19. The fraction of sp³-hybridized carbons (Fsp3) is 0.357. The largest absolute Gasteiger partial charge is 0.480 e. The second-order valence-corrected chi connectivity index (χ2v) is 12.1. The van der Waals surface area contributed by atoms with Crippen molar-refractivity contribution in [2.24, 2.45) is 0 Å². The fourth-order valence-electron chi connectivity index (χ4n) is 5.16. The number of hydrogen-bond donors (Lipinski definition) is 3. The maximum Gasteiger partial charge on any atom is 0.327 e. The van der Waals surface area contributed by atoms with E-state index in [2.05, 4.69) is 20.9 Å². The van der Waals surface area contributed by atoms with Gasteiger partial charge in [0.25, 0.3) is 0 Å². The molecule has 40 heavy (non-hydrogen) atoms. The summed E-state index contributed by atoms with van der Waals surface area (Å²) in [5, 5.41) is 22.8. The molecule has 2 aliphatic rings. The predicted molar refractivity (Wildman–Crippen MR) is 147 cm³/mol. The number of amides is 3. The average molecular weight is 563 g/mol. The number of benzene rings is 2. The van der Waals surface area contributed by atoms with Crippen LogP contribution in [0.3, 0.4) is 0 Å². The number of carbonyl (C=O) groups excluding carboxylic acids is 3. The third kappa shape index (κ3) is 5.44. The molecule has 2 fully saturated rings. The molecule has 2 aromatic carbocycles. The van der Waals surface area contributed by atoms with Crippen molar-refractivity contribution in [1.29, 1.82) is 0 Å². The molecular weight excluding hydrogens is 532 g/mol. The zero-order valence-electron chi connectivity index (χ0n) is 22.1. The molecule has 5 rings (SSSR count). The number of β-lactam (4-membered cyclic amide) rings is 1. The molecule has 2 saturated heterocycles. The molecule has 2 aliphatic heterocycles. The van der Waals surface area contributed by atoms with Crippen LogP contribution in [0.15, 0.2) is 66.9 Å². The Balaban J connectivity index is 1.24. The predicted octanol–water partition coefficient (Wildman–Crippen LogP) is 1.75. The Labute approximate surface area is 235 Å². The highest BCUT2D eigenvalue weighted by molar-refractivity contribution is 8.01. The monoisotopic (exact) mass is 562 g/mol. The van der Waals surface area contributed by atoms with Gasteiger partial charge in [-0.05, 0) is 31.4 Å². The summed E-state index contributed by atoms with van der Waals surface area (Å²) in [6.45, 7) is 4.07. The number of aryl methyl sites for hydroxylation is 1. The van der Waals surface area contributed by atoms with Crippen LogP contribution in [0.1, 0.15) is 43.1 Å². The van der Waals surface area contributed by atoms with Crippen LogP contribution < -0.4 is 10.6 Å². The van der Waals surface area contributed by atoms with Crippen molar-refractivity contribution < 1.29 is 24.3 Å². The van der Waals surface area contributed by atoms with Crippen molar-refractivity contribution in [3.8, 4) is 0 Å². The lowest BCUT2D eigenvalue weighted by Gasteiger charge is -2.44. The summed E-state index contributed by atoms with van der Waals surface area (Å²) in [4.78, 5) is 52.5. The van der Waals surface area contributed by atoms with Gasteiger partial charge in [0.05, 0.1) is 18.4 Å². The maximum atomic E-state index is 13.4. The fourth-order valence-corrected chi connectivity index (χ4v) is 6.79. The number of nitrogens with zero attached hydrogens (tertiary/aromatic N) is 4. The van der Waals surface area contributed by atoms with Gasteiger partial charge in [-0.25, -0.2) is 9.48 Å². The summed E-state index contributed by atoms with van der Waals surface area (Å²) in [5.74, 6) is -2.40. The Morgan fingerprint density at radius 2 is 1.75 bits per heavy atom. The van der Waals surface area contributed by atoms with Crippen molar-refractivity contribution in [2.75, 3.05) is 0 Å². The molecule has 0 spiro atoms. The summed E-state index contributed by atoms with van der Waals surface area (Å²) < 4.78 is 1.03. The minimum atomic E-state index is -1.08. The van der Waals surface area contributed by atoms with Crippen molar-refractivity contribution in [3.63, 3.8) is 0 Å². The van der Waals surface area contributed by atoms with Crippen molar-refractivity contribution in [2.45, 2.75) is 61.5 Å². The Kier molecular flexibility index (Phi) is 7.61. The molecule has 12 heteroatoms. The Morgan fingerprint density at radius 3 is 2.42 bits per heavy atom. The molecule has 0 aliphatic carbocycles. The number of hydrogen-bond acceptors (Lipinski definition) is 7. The van der Waals surface area contributed by atoms with Crippen LogP contribution in [0.25, 0.3) is 0 Å². The van der Waals surface area contributed by atoms with E-state index in [9.17, 15) is 24.3 Å². The molecule has 208 valence electrons. The third-order valence-corrected chi connectivity index (χ3v) is 8.73. The lowest BCUT2D eigenvalue weighted by Crippen LogP contribution is -2.71. The van der Waals surface area contributed by atoms with Crippen LogP contribution in [0.5, 0.6) is 0 Å². The highest BCUT2D eigenvalue weighted by Gasteiger charge is 2.64. The molecule has 3 N–H and O–H groups in total. The van der Waals surface area contributed by atoms with E-state index in [-0.39, 0.29) is 12.3 Å². The molecule has 0 saturated carbocycles. The zero-order chi connectivity index (χ0) is 28.4. The quantitative estimate of drug-likeness (QED) is 0.317. The van der Waals surface area contributed by atoms with Gasteiger partial charge in [0, 0.05) is 11.2 Å². The standard InChI is InChI=1S/C28H30N6O5S/c1-28(2)23(27(38)39)34-25(37)22(26(34)40-28)31-24(36)21(18-11-7-4-8-12-18)30-20(35)14-13-19-15-29-32-33(19)16-17-9-5-3-6-10-17/h3-12,15,21-23,26H,13-14,16H2,1-2H3,(H,30,35)(H,31,36)(H,38,39)/t21-,22-,23+,26-/m1/s1. The second-order valence-electron chi connectivity index (χ2n) is 10.4. The molecule has 11 nitrogen and oxygen atoms in total. The number of rotatable bonds is 10.